The number of oxazole rings is 1. The van der Waals surface area contributed by atoms with Gasteiger partial charge in [-0.05, 0) is 63.4 Å². The number of nitrogens with one attached hydrogen (secondary N) is 1. The van der Waals surface area contributed by atoms with E-state index in [2.05, 4.69) is 20.3 Å². The maximum absolute atomic E-state index is 9.59. The molecule has 8 heteroatoms. The van der Waals surface area contributed by atoms with Crippen molar-refractivity contribution in [1.82, 2.24) is 15.0 Å². The first kappa shape index (κ1) is 22.7. The minimum Gasteiger partial charge on any atom is -0.490 e. The molecule has 0 aliphatic carbocycles. The number of rotatable bonds is 9. The van der Waals surface area contributed by atoms with Gasteiger partial charge in [-0.2, -0.15) is 0 Å². The lowest BCUT2D eigenvalue weighted by atomic mass is 10.0. The van der Waals surface area contributed by atoms with Crippen molar-refractivity contribution in [3.63, 3.8) is 0 Å². The number of nitrogens with zero attached hydrogens (tertiary/aromatic N) is 3. The van der Waals surface area contributed by atoms with Crippen LogP contribution in [0, 0.1) is 13.8 Å². The van der Waals surface area contributed by atoms with E-state index in [1.54, 1.807) is 6.20 Å². The number of benzene rings is 1. The molecule has 2 aromatic heterocycles. The van der Waals surface area contributed by atoms with E-state index in [1.807, 2.05) is 52.8 Å². The second kappa shape index (κ2) is 9.89. The van der Waals surface area contributed by atoms with Crippen molar-refractivity contribution in [3.05, 3.63) is 41.2 Å². The molecule has 3 N–H and O–H groups in total. The second-order valence-corrected chi connectivity index (χ2v) is 7.83. The van der Waals surface area contributed by atoms with Crippen molar-refractivity contribution in [3.8, 4) is 28.7 Å². The summed E-state index contributed by atoms with van der Waals surface area (Å²) < 4.78 is 11.8. The van der Waals surface area contributed by atoms with Crippen LogP contribution in [0.1, 0.15) is 37.6 Å². The minimum atomic E-state index is -0.913. The van der Waals surface area contributed by atoms with E-state index in [-0.39, 0.29) is 19.3 Å². The Hall–Kier alpha value is -2.97. The number of aliphatic hydroxyl groups is 2. The summed E-state index contributed by atoms with van der Waals surface area (Å²) in [6.07, 6.45) is 1.49. The van der Waals surface area contributed by atoms with E-state index in [1.165, 1.54) is 0 Å². The van der Waals surface area contributed by atoms with Crippen LogP contribution >= 0.6 is 0 Å². The van der Waals surface area contributed by atoms with E-state index in [0.29, 0.717) is 29.0 Å². The van der Waals surface area contributed by atoms with E-state index in [4.69, 9.17) is 14.3 Å². The quantitative estimate of drug-likeness (QED) is 0.476. The third kappa shape index (κ3) is 5.59. The number of anilines is 1. The lowest BCUT2D eigenvalue weighted by Crippen LogP contribution is -2.22. The first-order chi connectivity index (χ1) is 14.8. The first-order valence-electron chi connectivity index (χ1n) is 10.4. The zero-order valence-corrected chi connectivity index (χ0v) is 18.6. The maximum Gasteiger partial charge on any atom is 0.226 e. The topological polar surface area (TPSA) is 114 Å². The van der Waals surface area contributed by atoms with Gasteiger partial charge in [0.15, 0.2) is 5.76 Å². The van der Waals surface area contributed by atoms with Crippen molar-refractivity contribution < 1.29 is 19.4 Å². The molecule has 0 aliphatic heterocycles. The molecule has 0 saturated heterocycles. The lowest BCUT2D eigenvalue weighted by molar-refractivity contribution is 0.0531. The highest BCUT2D eigenvalue weighted by atomic mass is 16.5. The number of aryl methyl sites for hydroxylation is 3. The van der Waals surface area contributed by atoms with Gasteiger partial charge in [0, 0.05) is 17.3 Å². The largest absolute Gasteiger partial charge is 0.490 e. The van der Waals surface area contributed by atoms with Crippen LogP contribution in [0.5, 0.6) is 5.75 Å². The molecule has 0 spiro atoms. The molecule has 1 aromatic carbocycles. The van der Waals surface area contributed by atoms with Gasteiger partial charge in [0.1, 0.15) is 24.2 Å². The van der Waals surface area contributed by atoms with Crippen LogP contribution in [-0.4, -0.2) is 50.5 Å². The van der Waals surface area contributed by atoms with Crippen LogP contribution < -0.4 is 10.1 Å². The Labute approximate surface area is 182 Å². The van der Waals surface area contributed by atoms with Crippen molar-refractivity contribution >= 4 is 5.95 Å². The van der Waals surface area contributed by atoms with Gasteiger partial charge in [0.2, 0.25) is 11.8 Å². The monoisotopic (exact) mass is 426 g/mol. The molecule has 0 saturated carbocycles. The molecule has 3 aromatic rings. The third-order valence-corrected chi connectivity index (χ3v) is 4.64. The summed E-state index contributed by atoms with van der Waals surface area (Å²) in [7, 11) is 0. The fourth-order valence-corrected chi connectivity index (χ4v) is 3.22. The molecule has 8 nitrogen and oxygen atoms in total. The van der Waals surface area contributed by atoms with Gasteiger partial charge in [0.25, 0.3) is 0 Å². The number of hydrogen-bond donors (Lipinski definition) is 3. The van der Waals surface area contributed by atoms with Crippen LogP contribution in [-0.2, 0) is 6.42 Å². The van der Waals surface area contributed by atoms with Crippen LogP contribution in [0.2, 0.25) is 0 Å². The van der Waals surface area contributed by atoms with Gasteiger partial charge in [-0.15, -0.1) is 0 Å². The summed E-state index contributed by atoms with van der Waals surface area (Å²) in [6, 6.07) is 5.99. The Morgan fingerprint density at radius 2 is 1.94 bits per heavy atom. The molecule has 0 bridgehead atoms. The average Bonchev–Trinajstić information content (AvgIpc) is 3.21. The summed E-state index contributed by atoms with van der Waals surface area (Å²) in [5.41, 5.74) is 4.21. The van der Waals surface area contributed by atoms with Crippen LogP contribution in [0.15, 0.2) is 28.8 Å². The predicted octanol–water partition coefficient (Wildman–Crippen LogP) is 3.53. The van der Waals surface area contributed by atoms with Crippen LogP contribution in [0.4, 0.5) is 5.95 Å². The summed E-state index contributed by atoms with van der Waals surface area (Å²) in [4.78, 5) is 13.4. The van der Waals surface area contributed by atoms with Crippen molar-refractivity contribution in [2.24, 2.45) is 0 Å². The highest BCUT2D eigenvalue weighted by molar-refractivity contribution is 5.63. The Balaban J connectivity index is 1.90. The second-order valence-electron chi connectivity index (χ2n) is 7.83. The highest BCUT2D eigenvalue weighted by Crippen LogP contribution is 2.32. The zero-order chi connectivity index (χ0) is 22.5. The summed E-state index contributed by atoms with van der Waals surface area (Å²) >= 11 is 0. The fraction of sp³-hybridized carbons (Fsp3) is 0.435. The molecule has 2 heterocycles. The molecular formula is C23H30N4O4. The fourth-order valence-electron chi connectivity index (χ4n) is 3.22. The van der Waals surface area contributed by atoms with Gasteiger partial charge in [-0.25, -0.2) is 15.0 Å². The molecule has 0 amide bonds. The van der Waals surface area contributed by atoms with Gasteiger partial charge in [0.05, 0.1) is 12.8 Å². The molecular weight excluding hydrogens is 396 g/mol. The zero-order valence-electron chi connectivity index (χ0n) is 18.6. The SMILES string of the molecule is CCc1cc(-c2ncc(-c3cc(C)nc(NC(C)C)n3)o2)cc(C)c1OCC(O)CO. The highest BCUT2D eigenvalue weighted by Gasteiger charge is 2.16. The molecule has 1 unspecified atom stereocenters. The van der Waals surface area contributed by atoms with Crippen molar-refractivity contribution in [2.45, 2.75) is 53.2 Å². The predicted molar refractivity (Wildman–Crippen MR) is 119 cm³/mol. The normalized spacial score (nSPS) is 12.3. The molecule has 3 rings (SSSR count). The molecule has 166 valence electrons. The Kier molecular flexibility index (Phi) is 7.25. The van der Waals surface area contributed by atoms with Gasteiger partial charge >= 0.3 is 0 Å². The summed E-state index contributed by atoms with van der Waals surface area (Å²) in [5, 5.41) is 21.8. The van der Waals surface area contributed by atoms with E-state index in [9.17, 15) is 5.11 Å². The number of hydrogen-bond acceptors (Lipinski definition) is 8. The number of aliphatic hydroxyl groups excluding tert-OH is 2. The maximum atomic E-state index is 9.59. The van der Waals surface area contributed by atoms with E-state index >= 15 is 0 Å². The number of aromatic nitrogens is 3. The molecule has 0 fully saturated rings. The van der Waals surface area contributed by atoms with Crippen molar-refractivity contribution in [2.75, 3.05) is 18.5 Å². The van der Waals surface area contributed by atoms with E-state index in [0.717, 1.165) is 28.8 Å². The van der Waals surface area contributed by atoms with Crippen LogP contribution in [0.3, 0.4) is 0 Å². The number of ether oxygens (including phenoxy) is 1. The Morgan fingerprint density at radius 3 is 2.61 bits per heavy atom. The van der Waals surface area contributed by atoms with Gasteiger partial charge in [-0.1, -0.05) is 6.92 Å². The molecule has 31 heavy (non-hydrogen) atoms. The first-order valence-corrected chi connectivity index (χ1v) is 10.4. The van der Waals surface area contributed by atoms with Crippen LogP contribution in [0.25, 0.3) is 22.9 Å². The van der Waals surface area contributed by atoms with E-state index < -0.39 is 6.10 Å². The lowest BCUT2D eigenvalue weighted by Gasteiger charge is -2.16. The van der Waals surface area contributed by atoms with Gasteiger partial charge < -0.3 is 24.7 Å². The Bertz CT molecular complexity index is 1030. The summed E-state index contributed by atoms with van der Waals surface area (Å²) in [6.45, 7) is 9.64. The minimum absolute atomic E-state index is 0.0344. The Morgan fingerprint density at radius 1 is 1.16 bits per heavy atom. The average molecular weight is 427 g/mol. The van der Waals surface area contributed by atoms with Crippen molar-refractivity contribution in [1.29, 1.82) is 0 Å². The van der Waals surface area contributed by atoms with Gasteiger partial charge in [-0.3, -0.25) is 0 Å². The molecule has 1 atom stereocenters. The third-order valence-electron chi connectivity index (χ3n) is 4.64. The molecule has 0 aliphatic rings. The summed E-state index contributed by atoms with van der Waals surface area (Å²) in [5.74, 6) is 2.32. The molecule has 0 radical (unpaired) electrons. The smallest absolute Gasteiger partial charge is 0.226 e. The standard InChI is InChI=1S/C23H30N4O4/c1-6-16-9-17(7-14(4)21(16)30-12-18(29)11-28)22-24-10-20(31-22)19-8-15(5)26-23(27-19)25-13(2)3/h7-10,13,18,28-29H,6,11-12H2,1-5H3,(H,25,26,27).